The summed E-state index contributed by atoms with van der Waals surface area (Å²) in [6.07, 6.45) is 0. The number of benzene rings is 3. The molecule has 0 nitrogen and oxygen atoms in total. The van der Waals surface area contributed by atoms with Gasteiger partial charge in [0.15, 0.2) is 0 Å². The number of alkyl halides is 1. The number of fused-ring (bicyclic) bond motifs is 3. The van der Waals surface area contributed by atoms with Crippen molar-refractivity contribution in [2.75, 3.05) is 4.93 Å². The molecule has 23 heavy (non-hydrogen) atoms. The van der Waals surface area contributed by atoms with E-state index in [2.05, 4.69) is 109 Å². The van der Waals surface area contributed by atoms with Gasteiger partial charge in [0.1, 0.15) is 0 Å². The van der Waals surface area contributed by atoms with E-state index in [-0.39, 0.29) is 5.41 Å². The average molecular weight is 412 g/mol. The molecule has 3 aromatic rings. The van der Waals surface area contributed by atoms with Crippen LogP contribution in [0.4, 0.5) is 0 Å². The molecule has 4 rings (SSSR count). The van der Waals surface area contributed by atoms with Crippen LogP contribution >= 0.6 is 22.6 Å². The Labute approximate surface area is 152 Å². The highest BCUT2D eigenvalue weighted by atomic mass is 127. The van der Waals surface area contributed by atoms with Crippen molar-refractivity contribution in [1.29, 1.82) is 0 Å². The molecule has 0 spiro atoms. The van der Waals surface area contributed by atoms with Gasteiger partial charge in [-0.1, -0.05) is 109 Å². The van der Waals surface area contributed by atoms with Crippen molar-refractivity contribution in [3.8, 4) is 22.3 Å². The van der Waals surface area contributed by atoms with Crippen molar-refractivity contribution < 1.29 is 0 Å². The van der Waals surface area contributed by atoms with Crippen LogP contribution in [0.15, 0.2) is 72.8 Å². The van der Waals surface area contributed by atoms with Crippen LogP contribution in [-0.2, 0) is 5.41 Å². The van der Waals surface area contributed by atoms with Crippen LogP contribution in [0.3, 0.4) is 0 Å². The maximum Gasteiger partial charge on any atom is 0.0165 e. The lowest BCUT2D eigenvalue weighted by molar-refractivity contribution is 0.662. The van der Waals surface area contributed by atoms with Crippen molar-refractivity contribution in [2.24, 2.45) is 0 Å². The lowest BCUT2D eigenvalue weighted by Gasteiger charge is -2.24. The van der Waals surface area contributed by atoms with Crippen molar-refractivity contribution in [2.45, 2.75) is 19.3 Å². The predicted octanol–water partition coefficient (Wildman–Crippen LogP) is 6.71. The largest absolute Gasteiger partial charge is 0.0901 e. The first-order valence-corrected chi connectivity index (χ1v) is 10.0. The highest BCUT2D eigenvalue weighted by Crippen LogP contribution is 2.51. The molecule has 0 unspecified atom stereocenters. The zero-order valence-corrected chi connectivity index (χ0v) is 16.0. The minimum Gasteiger partial charge on any atom is -0.0901 e. The van der Waals surface area contributed by atoms with Crippen molar-refractivity contribution in [1.82, 2.24) is 0 Å². The second kappa shape index (κ2) is 6.48. The summed E-state index contributed by atoms with van der Waals surface area (Å²) in [5.41, 5.74) is 8.37. The molecule has 1 aliphatic carbocycles. The highest BCUT2D eigenvalue weighted by Gasteiger charge is 2.36. The Balaban J connectivity index is 0.000000753. The summed E-state index contributed by atoms with van der Waals surface area (Å²) in [7, 11) is 0. The third-order valence-electron chi connectivity index (χ3n) is 4.66. The summed E-state index contributed by atoms with van der Waals surface area (Å²) in [5, 5.41) is 0. The Bertz CT molecular complexity index is 816. The number of halogens is 1. The quantitative estimate of drug-likeness (QED) is 0.308. The van der Waals surface area contributed by atoms with Crippen molar-refractivity contribution in [3.05, 3.63) is 83.9 Å². The fourth-order valence-corrected chi connectivity index (χ4v) is 3.71. The van der Waals surface area contributed by atoms with Gasteiger partial charge in [0.2, 0.25) is 0 Å². The Hall–Kier alpha value is -1.61. The standard InChI is InChI=1S/C21H18.CH3I/c1-21(2)19-14-7-6-11-17(19)18-13-8-12-16(20(18)21)15-9-4-3-5-10-15;1-2/h3-14H,1-2H3;1H3. The van der Waals surface area contributed by atoms with Crippen LogP contribution in [0.25, 0.3) is 22.3 Å². The second-order valence-corrected chi connectivity index (χ2v) is 6.26. The first kappa shape index (κ1) is 16.3. The van der Waals surface area contributed by atoms with Gasteiger partial charge < -0.3 is 0 Å². The minimum absolute atomic E-state index is 0.0539. The molecule has 0 fully saturated rings. The molecule has 0 aliphatic heterocycles. The minimum atomic E-state index is 0.0539. The highest BCUT2D eigenvalue weighted by molar-refractivity contribution is 14.1. The topological polar surface area (TPSA) is 0 Å². The van der Waals surface area contributed by atoms with Crippen LogP contribution in [0.2, 0.25) is 0 Å². The number of hydrogen-bond acceptors (Lipinski definition) is 0. The lowest BCUT2D eigenvalue weighted by atomic mass is 9.79. The van der Waals surface area contributed by atoms with Crippen LogP contribution in [-0.4, -0.2) is 4.93 Å². The lowest BCUT2D eigenvalue weighted by Crippen LogP contribution is -2.16. The molecule has 0 N–H and O–H groups in total. The Morgan fingerprint density at radius 1 is 0.609 bits per heavy atom. The van der Waals surface area contributed by atoms with Gasteiger partial charge in [-0.25, -0.2) is 0 Å². The Morgan fingerprint density at radius 3 is 1.91 bits per heavy atom. The van der Waals surface area contributed by atoms with Crippen molar-refractivity contribution in [3.63, 3.8) is 0 Å². The molecule has 0 saturated carbocycles. The SMILES string of the molecule is CC1(C)c2ccccc2-c2cccc(-c3ccccc3)c21.CI. The first-order chi connectivity index (χ1) is 11.2. The molecule has 0 atom stereocenters. The van der Waals surface area contributed by atoms with E-state index < -0.39 is 0 Å². The Kier molecular flexibility index (Phi) is 4.58. The van der Waals surface area contributed by atoms with Gasteiger partial charge in [0.25, 0.3) is 0 Å². The summed E-state index contributed by atoms with van der Waals surface area (Å²) in [4.78, 5) is 1.97. The maximum absolute atomic E-state index is 2.34. The molecule has 0 radical (unpaired) electrons. The van der Waals surface area contributed by atoms with Gasteiger partial charge in [0.05, 0.1) is 0 Å². The zero-order valence-electron chi connectivity index (χ0n) is 13.8. The summed E-state index contributed by atoms with van der Waals surface area (Å²) in [6, 6.07) is 26.2. The molecule has 0 amide bonds. The van der Waals surface area contributed by atoms with Gasteiger partial charge in [-0.2, -0.15) is 0 Å². The molecule has 1 heteroatoms. The summed E-state index contributed by atoms with van der Waals surface area (Å²) in [6.45, 7) is 4.67. The fraction of sp³-hybridized carbons (Fsp3) is 0.182. The number of hydrogen-bond donors (Lipinski definition) is 0. The molecule has 3 aromatic carbocycles. The Morgan fingerprint density at radius 2 is 1.17 bits per heavy atom. The van der Waals surface area contributed by atoms with Crippen LogP contribution in [0.1, 0.15) is 25.0 Å². The molecule has 0 aromatic heterocycles. The molecule has 116 valence electrons. The van der Waals surface area contributed by atoms with E-state index in [4.69, 9.17) is 0 Å². The molecular weight excluding hydrogens is 391 g/mol. The second-order valence-electron chi connectivity index (χ2n) is 6.26. The van der Waals surface area contributed by atoms with E-state index >= 15 is 0 Å². The normalized spacial score (nSPS) is 13.6. The molecule has 0 bridgehead atoms. The van der Waals surface area contributed by atoms with Gasteiger partial charge in [-0.05, 0) is 38.3 Å². The van der Waals surface area contributed by atoms with E-state index in [1.807, 2.05) is 4.93 Å². The summed E-state index contributed by atoms with van der Waals surface area (Å²) < 4.78 is 0. The molecular formula is C22H21I. The van der Waals surface area contributed by atoms with Crippen LogP contribution in [0, 0.1) is 0 Å². The smallest absolute Gasteiger partial charge is 0.0165 e. The van der Waals surface area contributed by atoms with Gasteiger partial charge in [-0.15, -0.1) is 0 Å². The molecule has 0 heterocycles. The third kappa shape index (κ3) is 2.61. The third-order valence-corrected chi connectivity index (χ3v) is 4.66. The van der Waals surface area contributed by atoms with E-state index in [1.54, 1.807) is 0 Å². The van der Waals surface area contributed by atoms with Crippen LogP contribution in [0.5, 0.6) is 0 Å². The zero-order chi connectivity index (χ0) is 16.4. The first-order valence-electron chi connectivity index (χ1n) is 7.86. The average Bonchev–Trinajstić information content (AvgIpc) is 2.86. The molecule has 1 aliphatic rings. The number of rotatable bonds is 1. The fourth-order valence-electron chi connectivity index (χ4n) is 3.71. The van der Waals surface area contributed by atoms with E-state index in [0.29, 0.717) is 0 Å². The van der Waals surface area contributed by atoms with Gasteiger partial charge >= 0.3 is 0 Å². The maximum atomic E-state index is 2.34. The van der Waals surface area contributed by atoms with E-state index in [9.17, 15) is 0 Å². The van der Waals surface area contributed by atoms with E-state index in [1.165, 1.54) is 33.4 Å². The van der Waals surface area contributed by atoms with Crippen LogP contribution < -0.4 is 0 Å². The van der Waals surface area contributed by atoms with Gasteiger partial charge in [0, 0.05) is 5.41 Å². The summed E-state index contributed by atoms with van der Waals surface area (Å²) >= 11 is 2.15. The van der Waals surface area contributed by atoms with Crippen molar-refractivity contribution >= 4 is 22.6 Å². The monoisotopic (exact) mass is 412 g/mol. The molecule has 0 saturated heterocycles. The van der Waals surface area contributed by atoms with E-state index in [0.717, 1.165) is 0 Å². The van der Waals surface area contributed by atoms with Gasteiger partial charge in [-0.3, -0.25) is 0 Å². The summed E-state index contributed by atoms with van der Waals surface area (Å²) in [5.74, 6) is 0. The predicted molar refractivity (Wildman–Crippen MR) is 109 cm³/mol.